The molecule has 5 heteroatoms. The second-order valence-corrected chi connectivity index (χ2v) is 5.48. The highest BCUT2D eigenvalue weighted by Crippen LogP contribution is 2.19. The molecule has 0 bridgehead atoms. The largest absolute Gasteiger partial charge is 0.491 e. The van der Waals surface area contributed by atoms with Gasteiger partial charge in [-0.15, -0.1) is 0 Å². The molecule has 0 aliphatic rings. The fourth-order valence-electron chi connectivity index (χ4n) is 1.80. The van der Waals surface area contributed by atoms with Crippen LogP contribution in [-0.4, -0.2) is 55.8 Å². The van der Waals surface area contributed by atoms with Gasteiger partial charge in [0.25, 0.3) is 0 Å². The first-order valence-electron chi connectivity index (χ1n) is 7.19. The van der Waals surface area contributed by atoms with E-state index >= 15 is 0 Å². The molecule has 0 fully saturated rings. The van der Waals surface area contributed by atoms with E-state index in [-0.39, 0.29) is 12.5 Å². The van der Waals surface area contributed by atoms with Gasteiger partial charge >= 0.3 is 0 Å². The minimum absolute atomic E-state index is 0.0728. The normalized spacial score (nSPS) is 12.0. The van der Waals surface area contributed by atoms with Crippen molar-refractivity contribution < 1.29 is 14.6 Å². The van der Waals surface area contributed by atoms with Gasteiger partial charge in [-0.2, -0.15) is 0 Å². The third-order valence-electron chi connectivity index (χ3n) is 3.17. The monoisotopic (exact) mass is 294 g/mol. The van der Waals surface area contributed by atoms with Gasteiger partial charge in [0.15, 0.2) is 0 Å². The number of hydrogen-bond donors (Lipinski definition) is 2. The molecule has 21 heavy (non-hydrogen) atoms. The minimum Gasteiger partial charge on any atom is -0.491 e. The van der Waals surface area contributed by atoms with Crippen LogP contribution in [0.15, 0.2) is 18.2 Å². The van der Waals surface area contributed by atoms with Crippen molar-refractivity contribution in [2.75, 3.05) is 33.8 Å². The Hall–Kier alpha value is -1.59. The zero-order valence-electron chi connectivity index (χ0n) is 13.3. The molecule has 2 N–H and O–H groups in total. The number of aryl methyl sites for hydroxylation is 2. The first kappa shape index (κ1) is 17.5. The zero-order chi connectivity index (χ0) is 15.8. The van der Waals surface area contributed by atoms with Crippen molar-refractivity contribution in [2.24, 2.45) is 0 Å². The molecule has 1 unspecified atom stereocenters. The lowest BCUT2D eigenvalue weighted by Crippen LogP contribution is -2.34. The Morgan fingerprint density at radius 1 is 1.38 bits per heavy atom. The number of amides is 1. The van der Waals surface area contributed by atoms with Crippen LogP contribution in [0, 0.1) is 13.8 Å². The first-order chi connectivity index (χ1) is 9.90. The van der Waals surface area contributed by atoms with Crippen LogP contribution in [0.3, 0.4) is 0 Å². The van der Waals surface area contributed by atoms with Gasteiger partial charge in [0.2, 0.25) is 5.91 Å². The second kappa shape index (κ2) is 8.64. The van der Waals surface area contributed by atoms with Gasteiger partial charge in [-0.25, -0.2) is 0 Å². The smallest absolute Gasteiger partial charge is 0.223 e. The number of benzene rings is 1. The van der Waals surface area contributed by atoms with Gasteiger partial charge in [-0.3, -0.25) is 4.79 Å². The fourth-order valence-corrected chi connectivity index (χ4v) is 1.80. The summed E-state index contributed by atoms with van der Waals surface area (Å²) in [4.78, 5) is 12.9. The number of nitrogens with one attached hydrogen (secondary N) is 1. The molecule has 1 rings (SSSR count). The number of aliphatic hydroxyl groups excluding tert-OH is 1. The molecular formula is C16H26N2O3. The molecule has 0 aromatic heterocycles. The summed E-state index contributed by atoms with van der Waals surface area (Å²) in [6, 6.07) is 6.00. The maximum atomic E-state index is 11.4. The van der Waals surface area contributed by atoms with E-state index in [0.717, 1.165) is 16.9 Å². The highest BCUT2D eigenvalue weighted by Gasteiger charge is 2.08. The van der Waals surface area contributed by atoms with E-state index in [1.165, 1.54) is 0 Å². The van der Waals surface area contributed by atoms with Crippen molar-refractivity contribution in [3.05, 3.63) is 29.3 Å². The lowest BCUT2D eigenvalue weighted by molar-refractivity contribution is -0.128. The van der Waals surface area contributed by atoms with Crippen molar-refractivity contribution in [1.82, 2.24) is 10.2 Å². The van der Waals surface area contributed by atoms with Crippen LogP contribution in [0.5, 0.6) is 5.75 Å². The van der Waals surface area contributed by atoms with Gasteiger partial charge in [0.1, 0.15) is 18.5 Å². The van der Waals surface area contributed by atoms with E-state index in [9.17, 15) is 9.90 Å². The molecule has 0 aliphatic carbocycles. The Bertz CT molecular complexity index is 461. The van der Waals surface area contributed by atoms with Gasteiger partial charge in [0, 0.05) is 33.6 Å². The summed E-state index contributed by atoms with van der Waals surface area (Å²) >= 11 is 0. The molecule has 1 atom stereocenters. The fraction of sp³-hybridized carbons (Fsp3) is 0.562. The van der Waals surface area contributed by atoms with Crippen LogP contribution in [0.2, 0.25) is 0 Å². The van der Waals surface area contributed by atoms with E-state index in [1.807, 2.05) is 32.0 Å². The number of nitrogens with zero attached hydrogens (tertiary/aromatic N) is 1. The van der Waals surface area contributed by atoms with Gasteiger partial charge in [-0.1, -0.05) is 12.1 Å². The molecule has 1 aromatic rings. The average Bonchev–Trinajstić information content (AvgIpc) is 2.44. The predicted octanol–water partition coefficient (Wildman–Crippen LogP) is 1.11. The highest BCUT2D eigenvalue weighted by atomic mass is 16.5. The van der Waals surface area contributed by atoms with E-state index < -0.39 is 6.10 Å². The van der Waals surface area contributed by atoms with Crippen LogP contribution in [-0.2, 0) is 4.79 Å². The maximum Gasteiger partial charge on any atom is 0.223 e. The number of rotatable bonds is 8. The van der Waals surface area contributed by atoms with Crippen LogP contribution < -0.4 is 10.1 Å². The second-order valence-electron chi connectivity index (χ2n) is 5.48. The quantitative estimate of drug-likeness (QED) is 0.705. The Balaban J connectivity index is 2.23. The SMILES string of the molecule is Cc1ccc(C)c(OCC(O)CNCCC(=O)N(C)C)c1. The summed E-state index contributed by atoms with van der Waals surface area (Å²) in [6.07, 6.45) is -0.170. The van der Waals surface area contributed by atoms with Crippen molar-refractivity contribution >= 4 is 5.91 Å². The third-order valence-corrected chi connectivity index (χ3v) is 3.17. The Kier molecular flexibility index (Phi) is 7.19. The van der Waals surface area contributed by atoms with Crippen molar-refractivity contribution in [1.29, 1.82) is 0 Å². The van der Waals surface area contributed by atoms with Crippen LogP contribution in [0.1, 0.15) is 17.5 Å². The molecule has 1 aromatic carbocycles. The van der Waals surface area contributed by atoms with Crippen LogP contribution in [0.4, 0.5) is 0 Å². The molecule has 1 amide bonds. The molecule has 0 saturated heterocycles. The summed E-state index contributed by atoms with van der Waals surface area (Å²) in [5.74, 6) is 0.875. The lowest BCUT2D eigenvalue weighted by Gasteiger charge is -2.15. The summed E-state index contributed by atoms with van der Waals surface area (Å²) in [5, 5.41) is 12.9. The maximum absolute atomic E-state index is 11.4. The average molecular weight is 294 g/mol. The Labute approximate surface area is 126 Å². The molecule has 118 valence electrons. The zero-order valence-corrected chi connectivity index (χ0v) is 13.3. The summed E-state index contributed by atoms with van der Waals surface area (Å²) < 4.78 is 5.63. The molecule has 0 radical (unpaired) electrons. The number of aliphatic hydroxyl groups is 1. The van der Waals surface area contributed by atoms with Gasteiger partial charge in [-0.05, 0) is 31.0 Å². The summed E-state index contributed by atoms with van der Waals surface area (Å²) in [6.45, 7) is 5.18. The predicted molar refractivity (Wildman–Crippen MR) is 83.6 cm³/mol. The molecular weight excluding hydrogens is 268 g/mol. The third kappa shape index (κ3) is 6.60. The Morgan fingerprint density at radius 3 is 2.76 bits per heavy atom. The molecule has 0 aliphatic heterocycles. The number of hydrogen-bond acceptors (Lipinski definition) is 4. The summed E-state index contributed by atoms with van der Waals surface area (Å²) in [5.41, 5.74) is 2.18. The Morgan fingerprint density at radius 2 is 2.10 bits per heavy atom. The molecule has 0 saturated carbocycles. The van der Waals surface area contributed by atoms with Crippen molar-refractivity contribution in [3.63, 3.8) is 0 Å². The van der Waals surface area contributed by atoms with E-state index in [1.54, 1.807) is 19.0 Å². The first-order valence-corrected chi connectivity index (χ1v) is 7.19. The van der Waals surface area contributed by atoms with Crippen molar-refractivity contribution in [2.45, 2.75) is 26.4 Å². The van der Waals surface area contributed by atoms with E-state index in [2.05, 4.69) is 5.32 Å². The molecule has 0 spiro atoms. The van der Waals surface area contributed by atoms with E-state index in [0.29, 0.717) is 19.5 Å². The van der Waals surface area contributed by atoms with Gasteiger partial charge < -0.3 is 20.1 Å². The van der Waals surface area contributed by atoms with Gasteiger partial charge in [0.05, 0.1) is 0 Å². The minimum atomic E-state index is -0.598. The van der Waals surface area contributed by atoms with Crippen molar-refractivity contribution in [3.8, 4) is 5.75 Å². The standard InChI is InChI=1S/C16H26N2O3/c1-12-5-6-13(2)15(9-12)21-11-14(19)10-17-8-7-16(20)18(3)4/h5-6,9,14,17,19H,7-8,10-11H2,1-4H3. The topological polar surface area (TPSA) is 61.8 Å². The van der Waals surface area contributed by atoms with Crippen LogP contribution >= 0.6 is 0 Å². The van der Waals surface area contributed by atoms with E-state index in [4.69, 9.17) is 4.74 Å². The number of ether oxygens (including phenoxy) is 1. The number of carbonyl (C=O) groups excluding carboxylic acids is 1. The molecule has 0 heterocycles. The van der Waals surface area contributed by atoms with Crippen LogP contribution in [0.25, 0.3) is 0 Å². The highest BCUT2D eigenvalue weighted by molar-refractivity contribution is 5.75. The summed E-state index contributed by atoms with van der Waals surface area (Å²) in [7, 11) is 3.46. The lowest BCUT2D eigenvalue weighted by atomic mass is 10.1. The number of carbonyl (C=O) groups is 1. The molecule has 5 nitrogen and oxygen atoms in total.